The van der Waals surface area contributed by atoms with Crippen molar-refractivity contribution in [3.8, 4) is 17.2 Å². The summed E-state index contributed by atoms with van der Waals surface area (Å²) >= 11 is 0. The number of phenols is 1. The molecular formula is C16H14O4. The number of carbonyl (C=O) groups is 1. The Morgan fingerprint density at radius 3 is 2.75 bits per heavy atom. The lowest BCUT2D eigenvalue weighted by molar-refractivity contribution is -0.120. The number of carbonyl (C=O) groups excluding carboxylic acids is 1. The molecule has 20 heavy (non-hydrogen) atoms. The molecule has 0 atom stereocenters. The van der Waals surface area contributed by atoms with Gasteiger partial charge in [0.15, 0.2) is 0 Å². The van der Waals surface area contributed by atoms with Crippen molar-refractivity contribution in [3.63, 3.8) is 0 Å². The van der Waals surface area contributed by atoms with Crippen molar-refractivity contribution in [2.75, 3.05) is 6.61 Å². The smallest absolute Gasteiger partial charge is 0.298 e. The topological polar surface area (TPSA) is 55.8 Å². The monoisotopic (exact) mass is 270 g/mol. The highest BCUT2D eigenvalue weighted by molar-refractivity contribution is 5.58. The van der Waals surface area contributed by atoms with Gasteiger partial charge in [0.2, 0.25) is 0 Å². The van der Waals surface area contributed by atoms with Gasteiger partial charge in [0.05, 0.1) is 0 Å². The van der Waals surface area contributed by atoms with E-state index in [4.69, 9.17) is 9.84 Å². The van der Waals surface area contributed by atoms with Crippen LogP contribution >= 0.6 is 0 Å². The molecular weight excluding hydrogens is 256 g/mol. The molecule has 0 bridgehead atoms. The maximum absolute atomic E-state index is 9.78. The fourth-order valence-corrected chi connectivity index (χ4v) is 1.68. The number of ether oxygens (including phenoxy) is 2. The van der Waals surface area contributed by atoms with Gasteiger partial charge < -0.3 is 14.6 Å². The van der Waals surface area contributed by atoms with Crippen LogP contribution in [-0.4, -0.2) is 18.2 Å². The molecule has 1 N–H and O–H groups in total. The second-order valence-corrected chi connectivity index (χ2v) is 3.96. The molecule has 0 saturated heterocycles. The molecule has 102 valence electrons. The predicted molar refractivity (Wildman–Crippen MR) is 75.8 cm³/mol. The minimum atomic E-state index is 0.0827. The lowest BCUT2D eigenvalue weighted by Crippen LogP contribution is -1.98. The number of aromatic hydroxyl groups is 1. The highest BCUT2D eigenvalue weighted by Gasteiger charge is 2.01. The zero-order chi connectivity index (χ0) is 14.2. The largest absolute Gasteiger partial charge is 0.508 e. The normalized spacial score (nSPS) is 11.4. The summed E-state index contributed by atoms with van der Waals surface area (Å²) in [5, 5.41) is 8.84. The molecule has 4 heteroatoms. The van der Waals surface area contributed by atoms with Gasteiger partial charge >= 0.3 is 0 Å². The van der Waals surface area contributed by atoms with Crippen LogP contribution in [0.4, 0.5) is 0 Å². The number of hydrogen-bond donors (Lipinski definition) is 1. The van der Waals surface area contributed by atoms with E-state index in [0.29, 0.717) is 18.8 Å². The van der Waals surface area contributed by atoms with Crippen molar-refractivity contribution >= 4 is 12.5 Å². The third kappa shape index (κ3) is 3.88. The zero-order valence-corrected chi connectivity index (χ0v) is 10.7. The zero-order valence-electron chi connectivity index (χ0n) is 10.7. The summed E-state index contributed by atoms with van der Waals surface area (Å²) in [5.74, 6) is 1.42. The first-order valence-corrected chi connectivity index (χ1v) is 6.07. The summed E-state index contributed by atoms with van der Waals surface area (Å²) in [7, 11) is 0. The molecule has 0 amide bonds. The van der Waals surface area contributed by atoms with E-state index in [1.54, 1.807) is 12.1 Å². The van der Waals surface area contributed by atoms with Gasteiger partial charge in [0.1, 0.15) is 23.9 Å². The lowest BCUT2D eigenvalue weighted by atomic mass is 10.1. The first kappa shape index (κ1) is 13.7. The van der Waals surface area contributed by atoms with Gasteiger partial charge in [-0.3, -0.25) is 4.79 Å². The van der Waals surface area contributed by atoms with Gasteiger partial charge in [-0.05, 0) is 24.3 Å². The van der Waals surface area contributed by atoms with E-state index in [1.807, 2.05) is 30.3 Å². The van der Waals surface area contributed by atoms with E-state index < -0.39 is 0 Å². The van der Waals surface area contributed by atoms with Crippen molar-refractivity contribution in [1.29, 1.82) is 0 Å². The number of fused-ring (bicyclic) bond motifs is 1. The van der Waals surface area contributed by atoms with E-state index in [2.05, 4.69) is 10.8 Å². The fraction of sp³-hybridized carbons (Fsp3) is 0.0625. The van der Waals surface area contributed by atoms with Crippen molar-refractivity contribution in [2.24, 2.45) is 0 Å². The van der Waals surface area contributed by atoms with Gasteiger partial charge in [-0.25, -0.2) is 0 Å². The molecule has 4 nitrogen and oxygen atoms in total. The molecule has 0 spiro atoms. The third-order valence-electron chi connectivity index (χ3n) is 2.55. The van der Waals surface area contributed by atoms with E-state index >= 15 is 0 Å². The van der Waals surface area contributed by atoms with E-state index in [9.17, 15) is 4.79 Å². The average molecular weight is 270 g/mol. The van der Waals surface area contributed by atoms with Crippen LogP contribution in [-0.2, 0) is 4.79 Å². The fourth-order valence-electron chi connectivity index (χ4n) is 1.68. The van der Waals surface area contributed by atoms with Crippen LogP contribution < -0.4 is 9.47 Å². The molecule has 0 aliphatic carbocycles. The van der Waals surface area contributed by atoms with Crippen LogP contribution in [0, 0.1) is 0 Å². The number of hydrogen-bond acceptors (Lipinski definition) is 4. The van der Waals surface area contributed by atoms with Crippen LogP contribution in [0.5, 0.6) is 17.2 Å². The Morgan fingerprint density at radius 1 is 1.15 bits per heavy atom. The summed E-state index contributed by atoms with van der Waals surface area (Å²) in [6.07, 6.45) is 4.10. The Morgan fingerprint density at radius 2 is 2.00 bits per heavy atom. The molecule has 2 aromatic carbocycles. The summed E-state index contributed by atoms with van der Waals surface area (Å²) in [6.45, 7) is 1.02. The van der Waals surface area contributed by atoms with Crippen LogP contribution in [0.2, 0.25) is 0 Å². The molecule has 0 unspecified atom stereocenters. The van der Waals surface area contributed by atoms with Gasteiger partial charge in [-0.2, -0.15) is 0 Å². The minimum Gasteiger partial charge on any atom is -0.508 e. The second kappa shape index (κ2) is 6.99. The SMILES string of the molecule is C1=Cc2ccccc2OC1.O=COc1cccc(O)c1. The molecule has 0 radical (unpaired) electrons. The van der Waals surface area contributed by atoms with E-state index in [1.165, 1.54) is 17.7 Å². The van der Waals surface area contributed by atoms with Crippen LogP contribution in [0.1, 0.15) is 5.56 Å². The van der Waals surface area contributed by atoms with Gasteiger partial charge in [0, 0.05) is 11.6 Å². The second-order valence-electron chi connectivity index (χ2n) is 3.96. The van der Waals surface area contributed by atoms with Crippen molar-refractivity contribution < 1.29 is 19.4 Å². The van der Waals surface area contributed by atoms with Crippen LogP contribution in [0.15, 0.2) is 54.6 Å². The number of rotatable bonds is 2. The molecule has 0 fully saturated rings. The number of para-hydroxylation sites is 1. The van der Waals surface area contributed by atoms with Crippen molar-refractivity contribution in [3.05, 3.63) is 60.2 Å². The van der Waals surface area contributed by atoms with Crippen molar-refractivity contribution in [2.45, 2.75) is 0 Å². The highest BCUT2D eigenvalue weighted by atomic mass is 16.5. The summed E-state index contributed by atoms with van der Waals surface area (Å²) in [6, 6.07) is 14.0. The van der Waals surface area contributed by atoms with Gasteiger partial charge in [-0.15, -0.1) is 0 Å². The van der Waals surface area contributed by atoms with Gasteiger partial charge in [0.25, 0.3) is 6.47 Å². The molecule has 2 aromatic rings. The molecule has 1 heterocycles. The number of benzene rings is 2. The average Bonchev–Trinajstić information content (AvgIpc) is 2.48. The quantitative estimate of drug-likeness (QED) is 0.852. The summed E-state index contributed by atoms with van der Waals surface area (Å²) in [4.78, 5) is 9.78. The Hall–Kier alpha value is -2.75. The summed E-state index contributed by atoms with van der Waals surface area (Å²) < 4.78 is 9.78. The molecule has 1 aliphatic heterocycles. The first-order valence-electron chi connectivity index (χ1n) is 6.07. The number of phenolic OH excluding ortho intramolecular Hbond substituents is 1. The van der Waals surface area contributed by atoms with Crippen molar-refractivity contribution in [1.82, 2.24) is 0 Å². The predicted octanol–water partition coefficient (Wildman–Crippen LogP) is 3.02. The Balaban J connectivity index is 0.000000147. The molecule has 3 rings (SSSR count). The Labute approximate surface area is 116 Å². The molecule has 0 saturated carbocycles. The van der Waals surface area contributed by atoms with Crippen LogP contribution in [0.25, 0.3) is 6.08 Å². The van der Waals surface area contributed by atoms with E-state index in [0.717, 1.165) is 5.75 Å². The lowest BCUT2D eigenvalue weighted by Gasteiger charge is -2.10. The standard InChI is InChI=1S/C9H8O.C7H6O3/c1-2-6-9-8(4-1)5-3-7-10-9;8-5-10-7-3-1-2-6(9)4-7/h1-6H,7H2;1-5,9H. The first-order chi connectivity index (χ1) is 9.79. The van der Waals surface area contributed by atoms with Crippen LogP contribution in [0.3, 0.4) is 0 Å². The minimum absolute atomic E-state index is 0.0827. The third-order valence-corrected chi connectivity index (χ3v) is 2.55. The molecule has 0 aromatic heterocycles. The summed E-state index contributed by atoms with van der Waals surface area (Å²) in [5.41, 5.74) is 1.17. The maximum Gasteiger partial charge on any atom is 0.298 e. The molecule has 1 aliphatic rings. The van der Waals surface area contributed by atoms with Gasteiger partial charge in [-0.1, -0.05) is 30.3 Å². The van der Waals surface area contributed by atoms with E-state index in [-0.39, 0.29) is 5.75 Å². The Kier molecular flexibility index (Phi) is 4.78. The highest BCUT2D eigenvalue weighted by Crippen LogP contribution is 2.21. The Bertz CT molecular complexity index is 605. The maximum atomic E-state index is 9.78.